The number of nitrogens with one attached hydrogen (secondary N) is 2. The Bertz CT molecular complexity index is 826. The molecule has 2 N–H and O–H groups in total. The Morgan fingerprint density at radius 1 is 1.38 bits per heavy atom. The molecule has 5 nitrogen and oxygen atoms in total. The molecule has 5 rings (SSSR count). The SMILES string of the molecule is COc1ncccc1-c1c[nH]c(C(=O)N[C@H]2C[C@H]3C[C@@H]([C@@H]2C)C3(C)C)c1. The Morgan fingerprint density at radius 2 is 2.19 bits per heavy atom. The molecule has 4 atom stereocenters. The second-order valence-electron chi connectivity index (χ2n) is 8.40. The van der Waals surface area contributed by atoms with Gasteiger partial charge in [0.2, 0.25) is 5.88 Å². The zero-order valence-electron chi connectivity index (χ0n) is 15.9. The second kappa shape index (κ2) is 6.15. The highest BCUT2D eigenvalue weighted by atomic mass is 16.5. The molecule has 2 heterocycles. The number of amides is 1. The zero-order chi connectivity index (χ0) is 18.5. The lowest BCUT2D eigenvalue weighted by Gasteiger charge is -2.62. The minimum absolute atomic E-state index is 0.0323. The van der Waals surface area contributed by atoms with Crippen molar-refractivity contribution in [1.82, 2.24) is 15.3 Å². The normalized spacial score (nSPS) is 28.9. The van der Waals surface area contributed by atoms with Gasteiger partial charge in [-0.3, -0.25) is 4.79 Å². The topological polar surface area (TPSA) is 67.0 Å². The summed E-state index contributed by atoms with van der Waals surface area (Å²) in [4.78, 5) is 20.1. The van der Waals surface area contributed by atoms with Crippen LogP contribution in [0.3, 0.4) is 0 Å². The number of aromatic amines is 1. The van der Waals surface area contributed by atoms with E-state index in [1.165, 1.54) is 6.42 Å². The highest BCUT2D eigenvalue weighted by Gasteiger charge is 2.56. The molecule has 3 aliphatic rings. The van der Waals surface area contributed by atoms with E-state index < -0.39 is 0 Å². The summed E-state index contributed by atoms with van der Waals surface area (Å²) >= 11 is 0. The van der Waals surface area contributed by atoms with E-state index in [2.05, 4.69) is 36.1 Å². The Balaban J connectivity index is 1.48. The third kappa shape index (κ3) is 2.61. The molecule has 3 aliphatic carbocycles. The number of methoxy groups -OCH3 is 1. The number of fused-ring (bicyclic) bond motifs is 2. The number of carbonyl (C=O) groups is 1. The number of nitrogens with zero attached hydrogens (tertiary/aromatic N) is 1. The third-order valence-corrected chi connectivity index (χ3v) is 6.87. The smallest absolute Gasteiger partial charge is 0.267 e. The molecule has 0 aliphatic heterocycles. The van der Waals surface area contributed by atoms with Gasteiger partial charge in [-0.15, -0.1) is 0 Å². The molecule has 3 saturated carbocycles. The molecule has 0 aromatic carbocycles. The Labute approximate surface area is 154 Å². The van der Waals surface area contributed by atoms with Gasteiger partial charge in [-0.05, 0) is 54.2 Å². The molecule has 138 valence electrons. The van der Waals surface area contributed by atoms with E-state index in [0.29, 0.717) is 28.8 Å². The van der Waals surface area contributed by atoms with Crippen LogP contribution in [0.4, 0.5) is 0 Å². The quantitative estimate of drug-likeness (QED) is 0.876. The van der Waals surface area contributed by atoms with E-state index in [-0.39, 0.29) is 11.9 Å². The molecule has 2 bridgehead atoms. The number of rotatable bonds is 4. The minimum Gasteiger partial charge on any atom is -0.481 e. The first kappa shape index (κ1) is 17.1. The summed E-state index contributed by atoms with van der Waals surface area (Å²) in [6.07, 6.45) is 5.92. The summed E-state index contributed by atoms with van der Waals surface area (Å²) in [5.74, 6) is 2.49. The van der Waals surface area contributed by atoms with Gasteiger partial charge in [0.15, 0.2) is 0 Å². The lowest BCUT2D eigenvalue weighted by molar-refractivity contribution is -0.113. The van der Waals surface area contributed by atoms with Crippen LogP contribution >= 0.6 is 0 Å². The maximum absolute atomic E-state index is 12.8. The Morgan fingerprint density at radius 3 is 2.88 bits per heavy atom. The number of H-pyrrole nitrogens is 1. The first-order valence-corrected chi connectivity index (χ1v) is 9.40. The molecule has 0 radical (unpaired) electrons. The fourth-order valence-electron chi connectivity index (χ4n) is 5.04. The fourth-order valence-corrected chi connectivity index (χ4v) is 5.04. The first-order valence-electron chi connectivity index (χ1n) is 9.40. The first-order chi connectivity index (χ1) is 12.4. The van der Waals surface area contributed by atoms with Crippen molar-refractivity contribution in [3.63, 3.8) is 0 Å². The Kier molecular flexibility index (Phi) is 4.05. The predicted octanol–water partition coefficient (Wildman–Crippen LogP) is 3.89. The van der Waals surface area contributed by atoms with Crippen molar-refractivity contribution in [2.24, 2.45) is 23.2 Å². The fraction of sp³-hybridized carbons (Fsp3) is 0.524. The summed E-state index contributed by atoms with van der Waals surface area (Å²) in [5, 5.41) is 3.26. The number of carbonyl (C=O) groups excluding carboxylic acids is 1. The summed E-state index contributed by atoms with van der Waals surface area (Å²) in [5.41, 5.74) is 2.79. The lowest BCUT2D eigenvalue weighted by Crippen LogP contribution is -2.60. The van der Waals surface area contributed by atoms with Crippen LogP contribution in [0.5, 0.6) is 5.88 Å². The van der Waals surface area contributed by atoms with Crippen molar-refractivity contribution in [3.05, 3.63) is 36.3 Å². The molecule has 26 heavy (non-hydrogen) atoms. The van der Waals surface area contributed by atoms with Gasteiger partial charge in [-0.1, -0.05) is 20.8 Å². The van der Waals surface area contributed by atoms with E-state index in [0.717, 1.165) is 23.5 Å². The molecule has 1 amide bonds. The molecule has 3 fully saturated rings. The predicted molar refractivity (Wildman–Crippen MR) is 101 cm³/mol. The highest BCUT2D eigenvalue weighted by Crippen LogP contribution is 2.61. The minimum atomic E-state index is -0.0323. The maximum atomic E-state index is 12.8. The number of hydrogen-bond donors (Lipinski definition) is 2. The van der Waals surface area contributed by atoms with Crippen LogP contribution in [-0.4, -0.2) is 29.0 Å². The van der Waals surface area contributed by atoms with Crippen LogP contribution in [0.15, 0.2) is 30.6 Å². The summed E-state index contributed by atoms with van der Waals surface area (Å²) in [6.45, 7) is 7.03. The molecule has 0 unspecified atom stereocenters. The highest BCUT2D eigenvalue weighted by molar-refractivity contribution is 5.94. The van der Waals surface area contributed by atoms with E-state index in [1.807, 2.05) is 24.4 Å². The molecule has 5 heteroatoms. The van der Waals surface area contributed by atoms with Crippen LogP contribution in [0.25, 0.3) is 11.1 Å². The molecule has 0 spiro atoms. The molecular weight excluding hydrogens is 326 g/mol. The molecule has 0 saturated heterocycles. The van der Waals surface area contributed by atoms with E-state index in [4.69, 9.17) is 4.74 Å². The van der Waals surface area contributed by atoms with E-state index in [1.54, 1.807) is 13.3 Å². The molecule has 2 aromatic heterocycles. The summed E-state index contributed by atoms with van der Waals surface area (Å²) in [7, 11) is 1.60. The van der Waals surface area contributed by atoms with Crippen molar-refractivity contribution < 1.29 is 9.53 Å². The zero-order valence-corrected chi connectivity index (χ0v) is 15.9. The number of hydrogen-bond acceptors (Lipinski definition) is 3. The van der Waals surface area contributed by atoms with Gasteiger partial charge < -0.3 is 15.0 Å². The van der Waals surface area contributed by atoms with Crippen LogP contribution in [0, 0.1) is 23.2 Å². The third-order valence-electron chi connectivity index (χ3n) is 6.87. The van der Waals surface area contributed by atoms with Gasteiger partial charge in [-0.25, -0.2) is 4.98 Å². The monoisotopic (exact) mass is 353 g/mol. The maximum Gasteiger partial charge on any atom is 0.267 e. The summed E-state index contributed by atoms with van der Waals surface area (Å²) in [6, 6.07) is 5.93. The number of ether oxygens (including phenoxy) is 1. The van der Waals surface area contributed by atoms with Crippen LogP contribution < -0.4 is 10.1 Å². The average molecular weight is 353 g/mol. The van der Waals surface area contributed by atoms with E-state index >= 15 is 0 Å². The average Bonchev–Trinajstić information content (AvgIpc) is 3.12. The Hall–Kier alpha value is -2.30. The molecular formula is C21H27N3O2. The van der Waals surface area contributed by atoms with Gasteiger partial charge in [0, 0.05) is 29.6 Å². The lowest BCUT2D eigenvalue weighted by atomic mass is 9.45. The van der Waals surface area contributed by atoms with Crippen molar-refractivity contribution in [2.75, 3.05) is 7.11 Å². The van der Waals surface area contributed by atoms with Gasteiger partial charge in [0.05, 0.1) is 7.11 Å². The van der Waals surface area contributed by atoms with Gasteiger partial charge in [-0.2, -0.15) is 0 Å². The van der Waals surface area contributed by atoms with Crippen molar-refractivity contribution in [3.8, 4) is 17.0 Å². The van der Waals surface area contributed by atoms with Crippen LogP contribution in [0.1, 0.15) is 44.1 Å². The van der Waals surface area contributed by atoms with Crippen molar-refractivity contribution >= 4 is 5.91 Å². The van der Waals surface area contributed by atoms with Crippen molar-refractivity contribution in [2.45, 2.75) is 39.7 Å². The van der Waals surface area contributed by atoms with Crippen LogP contribution in [0.2, 0.25) is 0 Å². The van der Waals surface area contributed by atoms with Gasteiger partial charge in [0.1, 0.15) is 5.69 Å². The van der Waals surface area contributed by atoms with E-state index in [9.17, 15) is 4.79 Å². The van der Waals surface area contributed by atoms with Gasteiger partial charge >= 0.3 is 0 Å². The summed E-state index contributed by atoms with van der Waals surface area (Å²) < 4.78 is 5.32. The molecule has 2 aromatic rings. The second-order valence-corrected chi connectivity index (χ2v) is 8.40. The van der Waals surface area contributed by atoms with Crippen molar-refractivity contribution in [1.29, 1.82) is 0 Å². The van der Waals surface area contributed by atoms with Gasteiger partial charge in [0.25, 0.3) is 5.91 Å². The standard InChI is InChI=1S/C21H27N3O2/c1-12-16-9-14(21(16,2)3)10-17(12)24-19(25)18-8-13(11-23-18)15-6-5-7-22-20(15)26-4/h5-8,11-12,14,16-17,23H,9-10H2,1-4H3,(H,24,25)/t12-,14+,16-,17-/m0/s1. The number of aromatic nitrogens is 2. The largest absolute Gasteiger partial charge is 0.481 e. The van der Waals surface area contributed by atoms with Crippen LogP contribution in [-0.2, 0) is 0 Å². The number of pyridine rings is 1.